The molecule has 0 aliphatic carbocycles. The topological polar surface area (TPSA) is 80.5 Å². The largest absolute Gasteiger partial charge is 0.423 e. The summed E-state index contributed by atoms with van der Waals surface area (Å²) in [7, 11) is 0. The summed E-state index contributed by atoms with van der Waals surface area (Å²) in [4.78, 5) is 21.6. The van der Waals surface area contributed by atoms with Gasteiger partial charge in [-0.3, -0.25) is 4.79 Å². The molecule has 7 heteroatoms. The SMILES string of the molecule is O=c1cc(N2CCOCC2)c2cncnc2n1O. The van der Waals surface area contributed by atoms with Gasteiger partial charge in [0.15, 0.2) is 5.65 Å². The molecular weight excluding hydrogens is 236 g/mol. The molecule has 3 heterocycles. The van der Waals surface area contributed by atoms with Gasteiger partial charge in [-0.1, -0.05) is 0 Å². The monoisotopic (exact) mass is 248 g/mol. The van der Waals surface area contributed by atoms with Gasteiger partial charge in [-0.2, -0.15) is 0 Å². The standard InChI is InChI=1S/C11H12N4O3/c16-10-5-9(14-1-3-18-4-2-14)8-6-12-7-13-11(8)15(10)17/h5-7,17H,1-4H2. The Hall–Kier alpha value is -2.15. The Labute approximate surface area is 102 Å². The molecule has 94 valence electrons. The van der Waals surface area contributed by atoms with Crippen LogP contribution in [0.3, 0.4) is 0 Å². The maximum atomic E-state index is 11.7. The fraction of sp³-hybridized carbons (Fsp3) is 0.364. The third kappa shape index (κ3) is 1.68. The number of ether oxygens (including phenoxy) is 1. The zero-order valence-corrected chi connectivity index (χ0v) is 9.61. The summed E-state index contributed by atoms with van der Waals surface area (Å²) in [5.74, 6) is 0. The predicted octanol–water partition coefficient (Wildman–Crippen LogP) is -0.135. The Morgan fingerprint density at radius 1 is 1.33 bits per heavy atom. The number of hydrogen-bond donors (Lipinski definition) is 1. The lowest BCUT2D eigenvalue weighted by Gasteiger charge is -2.29. The van der Waals surface area contributed by atoms with Crippen molar-refractivity contribution in [3.8, 4) is 0 Å². The van der Waals surface area contributed by atoms with Crippen LogP contribution in [0, 0.1) is 0 Å². The summed E-state index contributed by atoms with van der Waals surface area (Å²) in [6.45, 7) is 2.66. The Bertz CT molecular complexity index is 634. The van der Waals surface area contributed by atoms with Crippen LogP contribution in [0.5, 0.6) is 0 Å². The van der Waals surface area contributed by atoms with Crippen LogP contribution in [0.25, 0.3) is 11.0 Å². The number of morpholine rings is 1. The van der Waals surface area contributed by atoms with Crippen molar-refractivity contribution in [2.45, 2.75) is 0 Å². The summed E-state index contributed by atoms with van der Waals surface area (Å²) in [6, 6.07) is 1.40. The van der Waals surface area contributed by atoms with Gasteiger partial charge in [0.05, 0.1) is 24.3 Å². The Morgan fingerprint density at radius 2 is 2.11 bits per heavy atom. The number of fused-ring (bicyclic) bond motifs is 1. The molecule has 18 heavy (non-hydrogen) atoms. The van der Waals surface area contributed by atoms with Crippen LogP contribution in [-0.4, -0.2) is 46.2 Å². The number of nitrogens with zero attached hydrogens (tertiary/aromatic N) is 4. The maximum absolute atomic E-state index is 11.7. The van der Waals surface area contributed by atoms with Gasteiger partial charge < -0.3 is 14.8 Å². The van der Waals surface area contributed by atoms with Crippen LogP contribution in [0.2, 0.25) is 0 Å². The highest BCUT2D eigenvalue weighted by Gasteiger charge is 2.17. The minimum atomic E-state index is -0.498. The molecule has 1 aliphatic rings. The van der Waals surface area contributed by atoms with E-state index < -0.39 is 5.56 Å². The molecule has 0 radical (unpaired) electrons. The van der Waals surface area contributed by atoms with Crippen molar-refractivity contribution < 1.29 is 9.94 Å². The fourth-order valence-electron chi connectivity index (χ4n) is 2.10. The predicted molar refractivity (Wildman–Crippen MR) is 64.0 cm³/mol. The van der Waals surface area contributed by atoms with E-state index in [4.69, 9.17) is 4.74 Å². The second-order valence-electron chi connectivity index (χ2n) is 4.04. The van der Waals surface area contributed by atoms with E-state index in [1.165, 1.54) is 12.4 Å². The first-order valence-corrected chi connectivity index (χ1v) is 5.65. The lowest BCUT2D eigenvalue weighted by Crippen LogP contribution is -2.37. The quantitative estimate of drug-likeness (QED) is 0.708. The van der Waals surface area contributed by atoms with Crippen LogP contribution in [0.15, 0.2) is 23.4 Å². The minimum Gasteiger partial charge on any atom is -0.423 e. The summed E-state index contributed by atoms with van der Waals surface area (Å²) >= 11 is 0. The van der Waals surface area contributed by atoms with Crippen molar-refractivity contribution in [3.63, 3.8) is 0 Å². The van der Waals surface area contributed by atoms with Gasteiger partial charge in [-0.05, 0) is 0 Å². The minimum absolute atomic E-state index is 0.221. The van der Waals surface area contributed by atoms with E-state index in [2.05, 4.69) is 9.97 Å². The van der Waals surface area contributed by atoms with Crippen molar-refractivity contribution in [3.05, 3.63) is 28.9 Å². The Morgan fingerprint density at radius 3 is 2.89 bits per heavy atom. The molecule has 1 aliphatic heterocycles. The second kappa shape index (κ2) is 4.26. The number of rotatable bonds is 1. The van der Waals surface area contributed by atoms with Gasteiger partial charge in [0.25, 0.3) is 5.56 Å². The molecule has 0 bridgehead atoms. The first-order valence-electron chi connectivity index (χ1n) is 5.65. The summed E-state index contributed by atoms with van der Waals surface area (Å²) < 4.78 is 5.82. The van der Waals surface area contributed by atoms with Crippen molar-refractivity contribution in [2.24, 2.45) is 0 Å². The lowest BCUT2D eigenvalue weighted by molar-refractivity contribution is 0.122. The van der Waals surface area contributed by atoms with Gasteiger partial charge in [0.2, 0.25) is 0 Å². The zero-order valence-electron chi connectivity index (χ0n) is 9.61. The first kappa shape index (κ1) is 11.0. The molecule has 0 amide bonds. The molecular formula is C11H12N4O3. The Balaban J connectivity index is 2.22. The first-order chi connectivity index (χ1) is 8.77. The average Bonchev–Trinajstić information content (AvgIpc) is 2.44. The van der Waals surface area contributed by atoms with Gasteiger partial charge >= 0.3 is 0 Å². The number of aromatic nitrogens is 3. The van der Waals surface area contributed by atoms with E-state index in [0.29, 0.717) is 36.4 Å². The zero-order chi connectivity index (χ0) is 12.5. The molecule has 1 saturated heterocycles. The average molecular weight is 248 g/mol. The third-order valence-electron chi connectivity index (χ3n) is 2.99. The van der Waals surface area contributed by atoms with E-state index in [9.17, 15) is 10.0 Å². The van der Waals surface area contributed by atoms with E-state index in [0.717, 1.165) is 5.69 Å². The van der Waals surface area contributed by atoms with Crippen molar-refractivity contribution in [1.82, 2.24) is 14.7 Å². The highest BCUT2D eigenvalue weighted by atomic mass is 16.5. The van der Waals surface area contributed by atoms with Crippen LogP contribution in [0.4, 0.5) is 5.69 Å². The van der Waals surface area contributed by atoms with Gasteiger partial charge in [0.1, 0.15) is 6.33 Å². The normalized spacial score (nSPS) is 16.1. The Kier molecular flexibility index (Phi) is 2.60. The number of pyridine rings is 1. The third-order valence-corrected chi connectivity index (χ3v) is 2.99. The van der Waals surface area contributed by atoms with Gasteiger partial charge in [-0.25, -0.2) is 9.97 Å². The van der Waals surface area contributed by atoms with Crippen LogP contribution < -0.4 is 10.5 Å². The smallest absolute Gasteiger partial charge is 0.286 e. The van der Waals surface area contributed by atoms with Crippen LogP contribution >= 0.6 is 0 Å². The summed E-state index contributed by atoms with van der Waals surface area (Å²) in [5, 5.41) is 10.3. The van der Waals surface area contributed by atoms with Crippen molar-refractivity contribution in [2.75, 3.05) is 31.2 Å². The van der Waals surface area contributed by atoms with Crippen molar-refractivity contribution >= 4 is 16.7 Å². The molecule has 0 saturated carbocycles. The highest BCUT2D eigenvalue weighted by molar-refractivity contribution is 5.88. The van der Waals surface area contributed by atoms with Gasteiger partial charge in [-0.15, -0.1) is 4.73 Å². The molecule has 1 N–H and O–H groups in total. The number of anilines is 1. The molecule has 7 nitrogen and oxygen atoms in total. The van der Waals surface area contributed by atoms with Gasteiger partial charge in [0, 0.05) is 25.4 Å². The molecule has 0 unspecified atom stereocenters. The fourth-order valence-corrected chi connectivity index (χ4v) is 2.10. The van der Waals surface area contributed by atoms with Crippen LogP contribution in [-0.2, 0) is 4.74 Å². The van der Waals surface area contributed by atoms with E-state index >= 15 is 0 Å². The van der Waals surface area contributed by atoms with Crippen LogP contribution in [0.1, 0.15) is 0 Å². The molecule has 0 spiro atoms. The molecule has 3 rings (SSSR count). The maximum Gasteiger partial charge on any atom is 0.286 e. The summed E-state index contributed by atoms with van der Waals surface area (Å²) in [5.41, 5.74) is 0.464. The van der Waals surface area contributed by atoms with E-state index in [1.807, 2.05) is 4.90 Å². The number of hydrogen-bond acceptors (Lipinski definition) is 6. The molecule has 2 aromatic heterocycles. The van der Waals surface area contributed by atoms with E-state index in [-0.39, 0.29) is 5.65 Å². The molecule has 0 aromatic carbocycles. The molecule has 0 atom stereocenters. The lowest BCUT2D eigenvalue weighted by atomic mass is 10.2. The second-order valence-corrected chi connectivity index (χ2v) is 4.04. The highest BCUT2D eigenvalue weighted by Crippen LogP contribution is 2.23. The molecule has 1 fully saturated rings. The van der Waals surface area contributed by atoms with E-state index in [1.54, 1.807) is 6.20 Å². The van der Waals surface area contributed by atoms with Crippen molar-refractivity contribution in [1.29, 1.82) is 0 Å². The molecule has 2 aromatic rings. The summed E-state index contributed by atoms with van der Waals surface area (Å²) in [6.07, 6.45) is 2.90.